The molecule has 1 atom stereocenters. The van der Waals surface area contributed by atoms with E-state index in [0.29, 0.717) is 5.06 Å². The number of carbonyl (C=O) groups is 3. The molecule has 9 heteroatoms. The van der Waals surface area contributed by atoms with Crippen molar-refractivity contribution in [1.29, 1.82) is 0 Å². The van der Waals surface area contributed by atoms with Crippen LogP contribution in [0.15, 0.2) is 0 Å². The number of amides is 2. The Labute approximate surface area is 121 Å². The van der Waals surface area contributed by atoms with Crippen LogP contribution in [0.5, 0.6) is 0 Å². The van der Waals surface area contributed by atoms with Crippen molar-refractivity contribution in [2.24, 2.45) is 11.8 Å². The topological polar surface area (TPSA) is 97.8 Å². The molecular weight excluding hydrogens is 310 g/mol. The fourth-order valence-electron chi connectivity index (χ4n) is 1.61. The van der Waals surface area contributed by atoms with Crippen LogP contribution in [-0.2, 0) is 28.3 Å². The van der Waals surface area contributed by atoms with Crippen LogP contribution in [0, 0.1) is 11.8 Å². The van der Waals surface area contributed by atoms with Crippen molar-refractivity contribution in [2.75, 3.05) is 0 Å². The molecule has 1 aliphatic heterocycles. The van der Waals surface area contributed by atoms with Gasteiger partial charge in [-0.2, -0.15) is 0 Å². The highest BCUT2D eigenvalue weighted by molar-refractivity contribution is 8.14. The van der Waals surface area contributed by atoms with Crippen LogP contribution in [0.2, 0.25) is 0 Å². The minimum atomic E-state index is -4.08. The number of rotatable bonds is 4. The Morgan fingerprint density at radius 3 is 2.30 bits per heavy atom. The summed E-state index contributed by atoms with van der Waals surface area (Å²) in [5.41, 5.74) is 0. The highest BCUT2D eigenvalue weighted by Gasteiger charge is 2.54. The summed E-state index contributed by atoms with van der Waals surface area (Å²) in [5, 5.41) is 0.330. The smallest absolute Gasteiger partial charge is 0.330 e. The van der Waals surface area contributed by atoms with Gasteiger partial charge < -0.3 is 4.84 Å². The zero-order valence-corrected chi connectivity index (χ0v) is 13.1. The van der Waals surface area contributed by atoms with Crippen LogP contribution in [0.1, 0.15) is 34.1 Å². The Morgan fingerprint density at radius 2 is 1.90 bits per heavy atom. The molecule has 0 N–H and O–H groups in total. The predicted octanol–water partition coefficient (Wildman–Crippen LogP) is 0.823. The first kappa shape index (κ1) is 16.9. The van der Waals surface area contributed by atoms with Gasteiger partial charge in [-0.15, -0.1) is 5.06 Å². The van der Waals surface area contributed by atoms with Crippen LogP contribution in [0.25, 0.3) is 0 Å². The van der Waals surface area contributed by atoms with Gasteiger partial charge in [0.15, 0.2) is 0 Å². The number of nitrogens with zero attached hydrogens (tertiary/aromatic N) is 1. The second-order valence-corrected chi connectivity index (χ2v) is 8.54. The van der Waals surface area contributed by atoms with Gasteiger partial charge in [0.05, 0.1) is 16.6 Å². The van der Waals surface area contributed by atoms with Crippen molar-refractivity contribution in [2.45, 2.75) is 38.9 Å². The van der Waals surface area contributed by atoms with Gasteiger partial charge in [0.25, 0.3) is 11.8 Å². The van der Waals surface area contributed by atoms with E-state index in [1.165, 1.54) is 27.7 Å². The van der Waals surface area contributed by atoms with Crippen molar-refractivity contribution in [3.8, 4) is 0 Å². The van der Waals surface area contributed by atoms with Crippen molar-refractivity contribution >= 4 is 37.5 Å². The zero-order chi connectivity index (χ0) is 15.9. The van der Waals surface area contributed by atoms with E-state index in [4.69, 9.17) is 15.5 Å². The van der Waals surface area contributed by atoms with Crippen molar-refractivity contribution in [3.05, 3.63) is 0 Å². The van der Waals surface area contributed by atoms with Gasteiger partial charge in [0, 0.05) is 17.1 Å². The molecule has 0 aromatic carbocycles. The quantitative estimate of drug-likeness (QED) is 0.560. The Morgan fingerprint density at radius 1 is 1.40 bits per heavy atom. The summed E-state index contributed by atoms with van der Waals surface area (Å²) < 4.78 is 21.4. The molecule has 1 fully saturated rings. The van der Waals surface area contributed by atoms with Crippen LogP contribution in [0.4, 0.5) is 0 Å². The zero-order valence-electron chi connectivity index (χ0n) is 11.5. The molecule has 1 saturated heterocycles. The molecule has 1 unspecified atom stereocenters. The number of hydrogen-bond acceptors (Lipinski definition) is 6. The molecule has 0 saturated carbocycles. The lowest BCUT2D eigenvalue weighted by atomic mass is 9.93. The maximum Gasteiger partial charge on any atom is 0.335 e. The van der Waals surface area contributed by atoms with E-state index in [9.17, 15) is 22.8 Å². The SMILES string of the molecule is CC(C)C(=O)ON1C(=O)CC(C(C)(C)S(=O)(=O)Cl)C1=O. The fraction of sp³-hybridized carbons (Fsp3) is 0.727. The molecule has 1 aliphatic rings. The molecular formula is C11H16ClNO6S. The highest BCUT2D eigenvalue weighted by Crippen LogP contribution is 2.37. The van der Waals surface area contributed by atoms with E-state index < -0.39 is 43.4 Å². The van der Waals surface area contributed by atoms with E-state index in [1.807, 2.05) is 0 Å². The third-order valence-corrected chi connectivity index (χ3v) is 5.96. The Hall–Kier alpha value is -1.15. The molecule has 2 amide bonds. The number of imide groups is 1. The normalized spacial score (nSPS) is 20.7. The molecule has 7 nitrogen and oxygen atoms in total. The monoisotopic (exact) mass is 325 g/mol. The molecule has 1 heterocycles. The molecule has 0 aromatic rings. The summed E-state index contributed by atoms with van der Waals surface area (Å²) in [6.07, 6.45) is -0.372. The second kappa shape index (κ2) is 5.33. The lowest BCUT2D eigenvalue weighted by molar-refractivity contribution is -0.200. The first-order chi connectivity index (χ1) is 8.89. The van der Waals surface area contributed by atoms with Gasteiger partial charge >= 0.3 is 5.97 Å². The van der Waals surface area contributed by atoms with Gasteiger partial charge in [0.1, 0.15) is 0 Å². The maximum atomic E-state index is 12.1. The van der Waals surface area contributed by atoms with E-state index in [2.05, 4.69) is 0 Å². The van der Waals surface area contributed by atoms with Crippen LogP contribution in [0.3, 0.4) is 0 Å². The summed E-state index contributed by atoms with van der Waals surface area (Å²) in [6.45, 7) is 5.58. The number of hydroxylamine groups is 2. The summed E-state index contributed by atoms with van der Waals surface area (Å²) in [7, 11) is 1.23. The molecule has 0 spiro atoms. The van der Waals surface area contributed by atoms with E-state index in [1.54, 1.807) is 0 Å². The lowest BCUT2D eigenvalue weighted by Crippen LogP contribution is -2.43. The fourth-order valence-corrected chi connectivity index (χ4v) is 2.46. The maximum absolute atomic E-state index is 12.1. The van der Waals surface area contributed by atoms with Gasteiger partial charge in [0.2, 0.25) is 9.05 Å². The van der Waals surface area contributed by atoms with Crippen molar-refractivity contribution in [3.63, 3.8) is 0 Å². The largest absolute Gasteiger partial charge is 0.335 e. The summed E-state index contributed by atoms with van der Waals surface area (Å²) in [5.74, 6) is -4.10. The average Bonchev–Trinajstić information content (AvgIpc) is 2.55. The molecule has 0 aliphatic carbocycles. The molecule has 1 rings (SSSR count). The average molecular weight is 326 g/mol. The van der Waals surface area contributed by atoms with Gasteiger partial charge in [-0.3, -0.25) is 9.59 Å². The molecule has 114 valence electrons. The second-order valence-electron chi connectivity index (χ2n) is 5.39. The molecule has 0 radical (unpaired) electrons. The van der Waals surface area contributed by atoms with Gasteiger partial charge in [-0.1, -0.05) is 13.8 Å². The minimum Gasteiger partial charge on any atom is -0.330 e. The van der Waals surface area contributed by atoms with Crippen LogP contribution < -0.4 is 0 Å². The predicted molar refractivity (Wildman–Crippen MR) is 69.7 cm³/mol. The Bertz CT molecular complexity index is 553. The minimum absolute atomic E-state index is 0.330. The summed E-state index contributed by atoms with van der Waals surface area (Å²) in [6, 6.07) is 0. The van der Waals surface area contributed by atoms with Gasteiger partial charge in [-0.05, 0) is 13.8 Å². The van der Waals surface area contributed by atoms with Crippen molar-refractivity contribution < 1.29 is 27.6 Å². The van der Waals surface area contributed by atoms with Gasteiger partial charge in [-0.25, -0.2) is 13.2 Å². The van der Waals surface area contributed by atoms with E-state index >= 15 is 0 Å². The molecule has 0 bridgehead atoms. The molecule has 0 aromatic heterocycles. The standard InChI is InChI=1S/C11H16ClNO6S/c1-6(2)10(16)19-13-8(14)5-7(9(13)15)11(3,4)20(12,17)18/h6-7H,5H2,1-4H3. The van der Waals surface area contributed by atoms with Crippen molar-refractivity contribution in [1.82, 2.24) is 5.06 Å². The third-order valence-electron chi connectivity index (χ3n) is 3.22. The third kappa shape index (κ3) is 2.95. The lowest BCUT2D eigenvalue weighted by Gasteiger charge is -2.25. The van der Waals surface area contributed by atoms with E-state index in [-0.39, 0.29) is 6.42 Å². The highest BCUT2D eigenvalue weighted by atomic mass is 35.7. The summed E-state index contributed by atoms with van der Waals surface area (Å²) >= 11 is 0. The van der Waals surface area contributed by atoms with Crippen LogP contribution in [-0.4, -0.2) is 36.0 Å². The number of carbonyl (C=O) groups excluding carboxylic acids is 3. The Balaban J connectivity index is 3.01. The first-order valence-electron chi connectivity index (χ1n) is 5.92. The van der Waals surface area contributed by atoms with E-state index in [0.717, 1.165) is 0 Å². The summed E-state index contributed by atoms with van der Waals surface area (Å²) in [4.78, 5) is 39.9. The number of hydrogen-bond donors (Lipinski definition) is 0. The Kier molecular flexibility index (Phi) is 4.50. The van der Waals surface area contributed by atoms with Crippen LogP contribution >= 0.6 is 10.7 Å². The first-order valence-corrected chi connectivity index (χ1v) is 8.23. The molecule has 20 heavy (non-hydrogen) atoms. The number of halogens is 1.